The van der Waals surface area contributed by atoms with Gasteiger partial charge in [-0.2, -0.15) is 0 Å². The van der Waals surface area contributed by atoms with E-state index in [-0.39, 0.29) is 6.04 Å². The normalized spacial score (nSPS) is 13.1. The Labute approximate surface area is 117 Å². The van der Waals surface area contributed by atoms with E-state index in [2.05, 4.69) is 29.1 Å². The molecule has 1 atom stereocenters. The van der Waals surface area contributed by atoms with E-state index in [1.807, 2.05) is 6.08 Å². The molecule has 0 rings (SSSR count). The molecule has 0 fully saturated rings. The number of methoxy groups -OCH3 is 2. The fourth-order valence-corrected chi connectivity index (χ4v) is 1.57. The molecule has 0 aromatic heterocycles. The Kier molecular flexibility index (Phi) is 12.6. The average Bonchev–Trinajstić information content (AvgIpc) is 2.39. The summed E-state index contributed by atoms with van der Waals surface area (Å²) in [7, 11) is 3.43. The van der Waals surface area contributed by atoms with Gasteiger partial charge in [0.1, 0.15) is 0 Å². The summed E-state index contributed by atoms with van der Waals surface area (Å²) in [6, 6.07) is 0.231. The highest BCUT2D eigenvalue weighted by molar-refractivity contribution is 5.80. The van der Waals surface area contributed by atoms with Gasteiger partial charge in [-0.1, -0.05) is 6.08 Å². The van der Waals surface area contributed by atoms with Crippen LogP contribution in [0.4, 0.5) is 0 Å². The van der Waals surface area contributed by atoms with Gasteiger partial charge in [-0.3, -0.25) is 4.99 Å². The molecule has 0 aliphatic carbocycles. The van der Waals surface area contributed by atoms with Crippen LogP contribution in [0.25, 0.3) is 0 Å². The molecule has 0 bridgehead atoms. The number of nitrogens with one attached hydrogen (secondary N) is 2. The number of unbranched alkanes of at least 4 members (excludes halogenated alkanes) is 2. The zero-order valence-corrected chi connectivity index (χ0v) is 12.6. The maximum atomic E-state index is 5.10. The summed E-state index contributed by atoms with van der Waals surface area (Å²) >= 11 is 0. The molecule has 0 heterocycles. The molecular formula is C14H29N3O2. The lowest BCUT2D eigenvalue weighted by molar-refractivity contribution is 0.179. The Morgan fingerprint density at radius 3 is 2.68 bits per heavy atom. The van der Waals surface area contributed by atoms with E-state index < -0.39 is 0 Å². The maximum Gasteiger partial charge on any atom is 0.191 e. The highest BCUT2D eigenvalue weighted by Gasteiger charge is 2.03. The fourth-order valence-electron chi connectivity index (χ4n) is 1.57. The molecule has 5 nitrogen and oxygen atoms in total. The first-order valence-corrected chi connectivity index (χ1v) is 6.88. The molecule has 0 aromatic carbocycles. The van der Waals surface area contributed by atoms with E-state index in [9.17, 15) is 0 Å². The lowest BCUT2D eigenvalue weighted by atomic mass is 10.2. The SMILES string of the molecule is C=CCNC(=NCCCCCOC)NC(C)COC. The molecule has 0 radical (unpaired) electrons. The largest absolute Gasteiger partial charge is 0.385 e. The Morgan fingerprint density at radius 2 is 2.05 bits per heavy atom. The number of guanidine groups is 1. The van der Waals surface area contributed by atoms with Gasteiger partial charge < -0.3 is 20.1 Å². The number of rotatable bonds is 11. The van der Waals surface area contributed by atoms with Gasteiger partial charge in [-0.25, -0.2) is 0 Å². The Morgan fingerprint density at radius 1 is 1.26 bits per heavy atom. The first-order valence-electron chi connectivity index (χ1n) is 6.88. The second-order valence-electron chi connectivity index (χ2n) is 4.45. The van der Waals surface area contributed by atoms with Crippen LogP contribution in [-0.2, 0) is 9.47 Å². The molecule has 0 saturated heterocycles. The molecular weight excluding hydrogens is 242 g/mol. The summed E-state index contributed by atoms with van der Waals surface area (Å²) in [4.78, 5) is 4.53. The van der Waals surface area contributed by atoms with Gasteiger partial charge in [-0.15, -0.1) is 6.58 Å². The number of ether oxygens (including phenoxy) is 2. The smallest absolute Gasteiger partial charge is 0.191 e. The number of nitrogens with zero attached hydrogens (tertiary/aromatic N) is 1. The van der Waals surface area contributed by atoms with E-state index in [4.69, 9.17) is 9.47 Å². The zero-order valence-electron chi connectivity index (χ0n) is 12.6. The summed E-state index contributed by atoms with van der Waals surface area (Å²) in [5, 5.41) is 6.50. The van der Waals surface area contributed by atoms with Gasteiger partial charge in [0, 0.05) is 40.0 Å². The van der Waals surface area contributed by atoms with Crippen LogP contribution in [0, 0.1) is 0 Å². The van der Waals surface area contributed by atoms with Crippen LogP contribution in [0.3, 0.4) is 0 Å². The molecule has 0 aromatic rings. The van der Waals surface area contributed by atoms with Crippen LogP contribution < -0.4 is 10.6 Å². The molecule has 0 amide bonds. The molecule has 0 spiro atoms. The monoisotopic (exact) mass is 271 g/mol. The second-order valence-corrected chi connectivity index (χ2v) is 4.45. The van der Waals surface area contributed by atoms with Crippen LogP contribution in [0.5, 0.6) is 0 Å². The lowest BCUT2D eigenvalue weighted by Crippen LogP contribution is -2.44. The summed E-state index contributed by atoms with van der Waals surface area (Å²) in [6.45, 7) is 8.76. The summed E-state index contributed by atoms with van der Waals surface area (Å²) in [6.07, 6.45) is 5.12. The topological polar surface area (TPSA) is 54.9 Å². The standard InChI is InChI=1S/C14H29N3O2/c1-5-9-15-14(17-13(2)12-19-4)16-10-7-6-8-11-18-3/h5,13H,1,6-12H2,2-4H3,(H2,15,16,17). The van der Waals surface area contributed by atoms with Gasteiger partial charge in [0.05, 0.1) is 6.61 Å². The lowest BCUT2D eigenvalue weighted by Gasteiger charge is -2.17. The predicted molar refractivity (Wildman–Crippen MR) is 80.7 cm³/mol. The van der Waals surface area contributed by atoms with Crippen LogP contribution in [-0.4, -0.2) is 52.5 Å². The third-order valence-corrected chi connectivity index (χ3v) is 2.49. The molecule has 19 heavy (non-hydrogen) atoms. The van der Waals surface area contributed by atoms with Crippen LogP contribution in [0.15, 0.2) is 17.6 Å². The first-order chi connectivity index (χ1) is 9.24. The Balaban J connectivity index is 3.97. The van der Waals surface area contributed by atoms with E-state index in [0.717, 1.165) is 38.4 Å². The van der Waals surface area contributed by atoms with Crippen molar-refractivity contribution in [2.24, 2.45) is 4.99 Å². The van der Waals surface area contributed by atoms with Gasteiger partial charge >= 0.3 is 0 Å². The summed E-state index contributed by atoms with van der Waals surface area (Å²) in [5.41, 5.74) is 0. The van der Waals surface area contributed by atoms with Crippen molar-refractivity contribution in [3.8, 4) is 0 Å². The van der Waals surface area contributed by atoms with Crippen LogP contribution in [0.2, 0.25) is 0 Å². The molecule has 5 heteroatoms. The molecule has 0 saturated carbocycles. The van der Waals surface area contributed by atoms with Crippen molar-refractivity contribution in [3.63, 3.8) is 0 Å². The fraction of sp³-hybridized carbons (Fsp3) is 0.786. The molecule has 2 N–H and O–H groups in total. The van der Waals surface area contributed by atoms with Crippen molar-refractivity contribution < 1.29 is 9.47 Å². The van der Waals surface area contributed by atoms with Crippen LogP contribution in [0.1, 0.15) is 26.2 Å². The minimum atomic E-state index is 0.231. The van der Waals surface area contributed by atoms with E-state index in [1.54, 1.807) is 14.2 Å². The van der Waals surface area contributed by atoms with E-state index in [0.29, 0.717) is 13.2 Å². The van der Waals surface area contributed by atoms with Gasteiger partial charge in [0.25, 0.3) is 0 Å². The van der Waals surface area contributed by atoms with E-state index >= 15 is 0 Å². The van der Waals surface area contributed by atoms with Crippen molar-refractivity contribution in [2.75, 3.05) is 40.5 Å². The number of aliphatic imine (C=N–C) groups is 1. The Bertz CT molecular complexity index is 245. The zero-order chi connectivity index (χ0) is 14.3. The van der Waals surface area contributed by atoms with Crippen LogP contribution >= 0.6 is 0 Å². The average molecular weight is 271 g/mol. The molecule has 112 valence electrons. The van der Waals surface area contributed by atoms with Crippen molar-refractivity contribution >= 4 is 5.96 Å². The third-order valence-electron chi connectivity index (χ3n) is 2.49. The quantitative estimate of drug-likeness (QED) is 0.259. The molecule has 0 aliphatic heterocycles. The molecule has 1 unspecified atom stereocenters. The van der Waals surface area contributed by atoms with Gasteiger partial charge in [-0.05, 0) is 26.2 Å². The van der Waals surface area contributed by atoms with Crippen molar-refractivity contribution in [1.82, 2.24) is 10.6 Å². The minimum absolute atomic E-state index is 0.231. The highest BCUT2D eigenvalue weighted by Crippen LogP contribution is 1.96. The minimum Gasteiger partial charge on any atom is -0.385 e. The van der Waals surface area contributed by atoms with Crippen molar-refractivity contribution in [3.05, 3.63) is 12.7 Å². The Hall–Kier alpha value is -1.07. The predicted octanol–water partition coefficient (Wildman–Crippen LogP) is 1.56. The number of hydrogen-bond acceptors (Lipinski definition) is 3. The van der Waals surface area contributed by atoms with E-state index in [1.165, 1.54) is 0 Å². The van der Waals surface area contributed by atoms with Gasteiger partial charge in [0.15, 0.2) is 5.96 Å². The second kappa shape index (κ2) is 13.4. The highest BCUT2D eigenvalue weighted by atomic mass is 16.5. The maximum absolute atomic E-state index is 5.10. The first kappa shape index (κ1) is 17.9. The third kappa shape index (κ3) is 11.7. The van der Waals surface area contributed by atoms with Gasteiger partial charge in [0.2, 0.25) is 0 Å². The number of hydrogen-bond donors (Lipinski definition) is 2. The summed E-state index contributed by atoms with van der Waals surface area (Å²) < 4.78 is 10.1. The molecule has 0 aliphatic rings. The summed E-state index contributed by atoms with van der Waals surface area (Å²) in [5.74, 6) is 0.816. The van der Waals surface area contributed by atoms with Crippen molar-refractivity contribution in [2.45, 2.75) is 32.2 Å². The van der Waals surface area contributed by atoms with Crippen molar-refractivity contribution in [1.29, 1.82) is 0 Å².